The number of rotatable bonds is 2. The molecule has 2 aromatic carbocycles. The Morgan fingerprint density at radius 2 is 1.53 bits per heavy atom. The third kappa shape index (κ3) is 3.16. The van der Waals surface area contributed by atoms with Gasteiger partial charge >= 0.3 is 0 Å². The zero-order valence-corrected chi connectivity index (χ0v) is 21.5. The maximum Gasteiger partial charge on any atom is 0.238 e. The van der Waals surface area contributed by atoms with Crippen LogP contribution in [0.25, 0.3) is 5.57 Å². The maximum atomic E-state index is 14.2. The Labute approximate surface area is 211 Å². The van der Waals surface area contributed by atoms with E-state index >= 15 is 0 Å². The minimum atomic E-state index is -1.69. The Kier molecular flexibility index (Phi) is 5.08. The van der Waals surface area contributed by atoms with Crippen LogP contribution in [0.1, 0.15) is 5.56 Å². The van der Waals surface area contributed by atoms with E-state index in [0.29, 0.717) is 5.69 Å². The van der Waals surface area contributed by atoms with Gasteiger partial charge in [-0.2, -0.15) is 0 Å². The zero-order valence-electron chi connectivity index (χ0n) is 20.5. The third-order valence-corrected chi connectivity index (χ3v) is 8.49. The molecule has 2 bridgehead atoms. The van der Waals surface area contributed by atoms with Crippen molar-refractivity contribution in [3.05, 3.63) is 84.0 Å². The summed E-state index contributed by atoms with van der Waals surface area (Å²) in [5.41, 5.74) is 5.07. The fraction of sp³-hybridized carbons (Fsp3) is 0.300. The average Bonchev–Trinajstić information content (AvgIpc) is 3.38. The van der Waals surface area contributed by atoms with Gasteiger partial charge in [0.05, 0.1) is 30.0 Å². The van der Waals surface area contributed by atoms with Crippen LogP contribution in [0.2, 0.25) is 19.6 Å². The van der Waals surface area contributed by atoms with Crippen LogP contribution in [0.15, 0.2) is 78.4 Å². The molecule has 2 heterocycles. The highest BCUT2D eigenvalue weighted by atomic mass is 28.3. The number of carbonyl (C=O) groups is 3. The smallest absolute Gasteiger partial charge is 0.238 e. The van der Waals surface area contributed by atoms with Gasteiger partial charge in [-0.25, -0.2) is 0 Å². The van der Waals surface area contributed by atoms with Crippen molar-refractivity contribution in [2.24, 2.45) is 23.7 Å². The number of ketones is 1. The van der Waals surface area contributed by atoms with E-state index in [2.05, 4.69) is 31.1 Å². The Morgan fingerprint density at radius 3 is 2.19 bits per heavy atom. The van der Waals surface area contributed by atoms with Crippen molar-refractivity contribution in [1.82, 2.24) is 0 Å². The lowest BCUT2D eigenvalue weighted by Gasteiger charge is -2.49. The summed E-state index contributed by atoms with van der Waals surface area (Å²) in [7, 11) is -1.69. The van der Waals surface area contributed by atoms with E-state index in [9.17, 15) is 14.4 Å². The molecule has 1 spiro atoms. The molecular weight excluding hydrogens is 466 g/mol. The molecule has 1 saturated carbocycles. The molecular formula is C30H27NO4Si. The predicted octanol–water partition coefficient (Wildman–Crippen LogP) is 4.28. The number of amides is 2. The van der Waals surface area contributed by atoms with E-state index < -0.39 is 37.3 Å². The molecule has 0 N–H and O–H groups in total. The van der Waals surface area contributed by atoms with Crippen LogP contribution < -0.4 is 4.90 Å². The highest BCUT2D eigenvalue weighted by Gasteiger charge is 2.71. The number of imide groups is 1. The number of ether oxygens (including phenoxy) is 1. The number of anilines is 1. The molecule has 180 valence electrons. The zero-order chi connectivity index (χ0) is 25.2. The van der Waals surface area contributed by atoms with Crippen LogP contribution in [-0.2, 0) is 19.1 Å². The van der Waals surface area contributed by atoms with Gasteiger partial charge in [0.2, 0.25) is 11.8 Å². The van der Waals surface area contributed by atoms with Crippen LogP contribution in [0, 0.1) is 35.1 Å². The summed E-state index contributed by atoms with van der Waals surface area (Å²) in [4.78, 5) is 42.9. The normalized spacial score (nSPS) is 30.8. The summed E-state index contributed by atoms with van der Waals surface area (Å²) in [5.74, 6) is -0.00333. The third-order valence-electron chi connectivity index (χ3n) is 7.62. The van der Waals surface area contributed by atoms with E-state index in [0.717, 1.165) is 16.7 Å². The molecule has 2 fully saturated rings. The van der Waals surface area contributed by atoms with Gasteiger partial charge < -0.3 is 4.74 Å². The second-order valence-electron chi connectivity index (χ2n) is 10.9. The molecule has 6 heteroatoms. The van der Waals surface area contributed by atoms with Gasteiger partial charge in [-0.1, -0.05) is 86.2 Å². The first kappa shape index (κ1) is 22.9. The lowest BCUT2D eigenvalue weighted by atomic mass is 9.53. The molecule has 5 nitrogen and oxygen atoms in total. The first-order valence-electron chi connectivity index (χ1n) is 12.4. The maximum absolute atomic E-state index is 14.2. The van der Waals surface area contributed by atoms with Gasteiger partial charge in [-0.3, -0.25) is 19.3 Å². The van der Waals surface area contributed by atoms with Gasteiger partial charge in [0.25, 0.3) is 0 Å². The highest BCUT2D eigenvalue weighted by molar-refractivity contribution is 6.83. The fourth-order valence-electron chi connectivity index (χ4n) is 6.20. The van der Waals surface area contributed by atoms with Crippen molar-refractivity contribution in [2.75, 3.05) is 11.5 Å². The summed E-state index contributed by atoms with van der Waals surface area (Å²) in [6, 6.07) is 18.7. The largest absolute Gasteiger partial charge is 0.356 e. The number of nitrogens with zero attached hydrogens (tertiary/aromatic N) is 1. The number of allylic oxidation sites excluding steroid dienone is 1. The van der Waals surface area contributed by atoms with Crippen molar-refractivity contribution in [2.45, 2.75) is 25.2 Å². The second kappa shape index (κ2) is 7.99. The lowest BCUT2D eigenvalue weighted by molar-refractivity contribution is -0.159. The predicted molar refractivity (Wildman–Crippen MR) is 140 cm³/mol. The fourth-order valence-corrected chi connectivity index (χ4v) is 6.72. The summed E-state index contributed by atoms with van der Waals surface area (Å²) >= 11 is 0. The molecule has 36 heavy (non-hydrogen) atoms. The Balaban J connectivity index is 1.52. The Hall–Kier alpha value is -3.53. The molecule has 0 aromatic heterocycles. The van der Waals surface area contributed by atoms with E-state index in [-0.39, 0.29) is 24.2 Å². The van der Waals surface area contributed by atoms with E-state index in [1.54, 1.807) is 24.3 Å². The standard InChI is InChI=1S/C30H27NO4Si/c1-36(2,3)17-16-20-18-35-30(26(20)19-10-6-4-7-11-19)23-15-14-22(27(30)32)24-25(23)29(34)31(28(24)33)21-12-8-5-9-13-21/h4-15,22-25H,18H2,1-3H3/t22-,23?,24-,25+,30-/m1/s1. The number of hydrogen-bond acceptors (Lipinski definition) is 4. The highest BCUT2D eigenvalue weighted by Crippen LogP contribution is 2.59. The number of Topliss-reactive ketones (excluding diaryl/α,β-unsaturated/α-hetero) is 1. The van der Waals surface area contributed by atoms with E-state index in [1.165, 1.54) is 4.90 Å². The van der Waals surface area contributed by atoms with Crippen molar-refractivity contribution in [1.29, 1.82) is 0 Å². The van der Waals surface area contributed by atoms with Crippen molar-refractivity contribution < 1.29 is 19.1 Å². The molecule has 5 atom stereocenters. The number of benzene rings is 2. The molecule has 1 saturated heterocycles. The SMILES string of the molecule is C[Si](C)(C)C#CC1=C(c2ccccc2)[C@@]2(OC1)C(=O)[C@@H]1C=CC2[C@@H]2C(=O)N(c3ccccc3)C(=O)[C@H]12. The number of carbonyl (C=O) groups excluding carboxylic acids is 3. The molecule has 3 aliphatic carbocycles. The quantitative estimate of drug-likeness (QED) is 0.271. The van der Waals surface area contributed by atoms with Crippen molar-refractivity contribution in [3.8, 4) is 11.5 Å². The molecule has 5 aliphatic rings. The molecule has 2 amide bonds. The number of para-hydroxylation sites is 1. The lowest BCUT2D eigenvalue weighted by Crippen LogP contribution is -2.62. The first-order valence-corrected chi connectivity index (χ1v) is 15.9. The summed E-state index contributed by atoms with van der Waals surface area (Å²) in [6.45, 7) is 6.75. The Bertz CT molecular complexity index is 1410. The minimum Gasteiger partial charge on any atom is -0.356 e. The van der Waals surface area contributed by atoms with Crippen LogP contribution in [-0.4, -0.2) is 37.9 Å². The average molecular weight is 494 g/mol. The van der Waals surface area contributed by atoms with Crippen LogP contribution in [0.3, 0.4) is 0 Å². The van der Waals surface area contributed by atoms with Gasteiger partial charge in [-0.15, -0.1) is 5.54 Å². The van der Waals surface area contributed by atoms with Gasteiger partial charge in [-0.05, 0) is 17.7 Å². The van der Waals surface area contributed by atoms with Crippen molar-refractivity contribution in [3.63, 3.8) is 0 Å². The molecule has 7 rings (SSSR count). The van der Waals surface area contributed by atoms with Gasteiger partial charge in [0, 0.05) is 17.1 Å². The minimum absolute atomic E-state index is 0.143. The van der Waals surface area contributed by atoms with Gasteiger partial charge in [0.1, 0.15) is 8.07 Å². The summed E-state index contributed by atoms with van der Waals surface area (Å²) in [5, 5.41) is 0. The topological polar surface area (TPSA) is 63.7 Å². The molecule has 1 unspecified atom stereocenters. The van der Waals surface area contributed by atoms with Crippen LogP contribution in [0.4, 0.5) is 5.69 Å². The van der Waals surface area contributed by atoms with E-state index in [4.69, 9.17) is 4.74 Å². The van der Waals surface area contributed by atoms with Crippen LogP contribution in [0.5, 0.6) is 0 Å². The molecule has 2 aromatic rings. The van der Waals surface area contributed by atoms with E-state index in [1.807, 2.05) is 48.6 Å². The molecule has 0 radical (unpaired) electrons. The van der Waals surface area contributed by atoms with Crippen molar-refractivity contribution >= 4 is 36.9 Å². The second-order valence-corrected chi connectivity index (χ2v) is 15.7. The van der Waals surface area contributed by atoms with Crippen LogP contribution >= 0.6 is 0 Å². The van der Waals surface area contributed by atoms with Gasteiger partial charge in [0.15, 0.2) is 11.4 Å². The summed E-state index contributed by atoms with van der Waals surface area (Å²) < 4.78 is 6.46. The molecule has 2 aliphatic heterocycles. The Morgan fingerprint density at radius 1 is 0.889 bits per heavy atom. The number of hydrogen-bond donors (Lipinski definition) is 0. The summed E-state index contributed by atoms with van der Waals surface area (Å²) in [6.07, 6.45) is 3.75. The monoisotopic (exact) mass is 493 g/mol. The first-order chi connectivity index (χ1) is 17.2.